The number of benzene rings is 1. The second-order valence-electron chi connectivity index (χ2n) is 6.55. The van der Waals surface area contributed by atoms with Crippen LogP contribution in [0.2, 0.25) is 0 Å². The van der Waals surface area contributed by atoms with E-state index in [1.807, 2.05) is 19.1 Å². The minimum absolute atomic E-state index is 0.0946. The summed E-state index contributed by atoms with van der Waals surface area (Å²) in [4.78, 5) is 38.4. The molecule has 2 fully saturated rings. The largest absolute Gasteiger partial charge is 0.492 e. The summed E-state index contributed by atoms with van der Waals surface area (Å²) in [5, 5.41) is 2.80. The van der Waals surface area contributed by atoms with Crippen molar-refractivity contribution in [1.82, 2.24) is 4.90 Å². The van der Waals surface area contributed by atoms with Crippen molar-refractivity contribution in [3.63, 3.8) is 0 Å². The fourth-order valence-corrected chi connectivity index (χ4v) is 3.73. The van der Waals surface area contributed by atoms with Crippen LogP contribution in [-0.4, -0.2) is 35.8 Å². The zero-order chi connectivity index (χ0) is 17.8. The molecule has 2 atom stereocenters. The van der Waals surface area contributed by atoms with E-state index < -0.39 is 0 Å². The van der Waals surface area contributed by atoms with E-state index in [4.69, 9.17) is 4.74 Å². The van der Waals surface area contributed by atoms with Gasteiger partial charge in [-0.05, 0) is 31.9 Å². The summed E-state index contributed by atoms with van der Waals surface area (Å²) >= 11 is 0. The van der Waals surface area contributed by atoms with E-state index in [0.717, 1.165) is 25.7 Å². The monoisotopic (exact) mass is 344 g/mol. The molecular formula is C19H24N2O4. The van der Waals surface area contributed by atoms with E-state index >= 15 is 0 Å². The molecule has 0 bridgehead atoms. The van der Waals surface area contributed by atoms with Gasteiger partial charge >= 0.3 is 0 Å². The minimum atomic E-state index is -0.234. The predicted octanol–water partition coefficient (Wildman–Crippen LogP) is 2.59. The molecule has 1 N–H and O–H groups in total. The molecule has 1 heterocycles. The van der Waals surface area contributed by atoms with Crippen LogP contribution in [0.15, 0.2) is 24.3 Å². The third kappa shape index (κ3) is 3.67. The molecular weight excluding hydrogens is 320 g/mol. The molecule has 1 aliphatic heterocycles. The number of ether oxygens (including phenoxy) is 1. The molecule has 3 rings (SSSR count). The molecule has 6 nitrogen and oxygen atoms in total. The predicted molar refractivity (Wildman–Crippen MR) is 93.0 cm³/mol. The number of carbonyl (C=O) groups is 3. The number of fused-ring (bicyclic) bond motifs is 1. The number of carbonyl (C=O) groups excluding carboxylic acids is 3. The maximum Gasteiger partial charge on any atom is 0.233 e. The van der Waals surface area contributed by atoms with Gasteiger partial charge in [0.25, 0.3) is 0 Å². The average Bonchev–Trinajstić information content (AvgIpc) is 2.86. The lowest BCUT2D eigenvalue weighted by Gasteiger charge is -2.19. The van der Waals surface area contributed by atoms with Crippen molar-refractivity contribution >= 4 is 23.4 Å². The Bertz CT molecular complexity index is 649. The van der Waals surface area contributed by atoms with Gasteiger partial charge in [0.2, 0.25) is 17.7 Å². The van der Waals surface area contributed by atoms with Crippen LogP contribution in [0.25, 0.3) is 0 Å². The van der Waals surface area contributed by atoms with Crippen LogP contribution in [0.3, 0.4) is 0 Å². The summed E-state index contributed by atoms with van der Waals surface area (Å²) in [6.07, 6.45) is 3.68. The van der Waals surface area contributed by atoms with Crippen LogP contribution in [0.5, 0.6) is 5.75 Å². The molecule has 2 aliphatic rings. The molecule has 134 valence electrons. The van der Waals surface area contributed by atoms with E-state index in [1.54, 1.807) is 12.1 Å². The molecule has 0 unspecified atom stereocenters. The first-order chi connectivity index (χ1) is 12.1. The highest BCUT2D eigenvalue weighted by atomic mass is 16.5. The quantitative estimate of drug-likeness (QED) is 0.805. The van der Waals surface area contributed by atoms with Gasteiger partial charge in [-0.2, -0.15) is 0 Å². The molecule has 0 radical (unpaired) electrons. The van der Waals surface area contributed by atoms with E-state index in [1.165, 1.54) is 4.90 Å². The number of hydrogen-bond donors (Lipinski definition) is 1. The zero-order valence-corrected chi connectivity index (χ0v) is 14.5. The van der Waals surface area contributed by atoms with Crippen LogP contribution < -0.4 is 10.1 Å². The van der Waals surface area contributed by atoms with Crippen LogP contribution >= 0.6 is 0 Å². The Labute approximate surface area is 147 Å². The third-order valence-electron chi connectivity index (χ3n) is 4.96. The summed E-state index contributed by atoms with van der Waals surface area (Å²) < 4.78 is 5.48. The average molecular weight is 344 g/mol. The Morgan fingerprint density at radius 2 is 1.80 bits per heavy atom. The van der Waals surface area contributed by atoms with E-state index in [-0.39, 0.29) is 42.5 Å². The number of hydrogen-bond acceptors (Lipinski definition) is 4. The molecule has 1 aliphatic carbocycles. The smallest absolute Gasteiger partial charge is 0.233 e. The molecule has 0 spiro atoms. The molecule has 3 amide bonds. The number of likely N-dealkylation sites (tertiary alicyclic amines) is 1. The van der Waals surface area contributed by atoms with Gasteiger partial charge in [0, 0.05) is 13.0 Å². The third-order valence-corrected chi connectivity index (χ3v) is 4.96. The van der Waals surface area contributed by atoms with Crippen LogP contribution in [0.1, 0.15) is 39.0 Å². The normalized spacial score (nSPS) is 22.7. The summed E-state index contributed by atoms with van der Waals surface area (Å²) in [5.74, 6) is -0.152. The Hall–Kier alpha value is -2.37. The van der Waals surface area contributed by atoms with Crippen LogP contribution in [0.4, 0.5) is 5.69 Å². The molecule has 1 aromatic carbocycles. The van der Waals surface area contributed by atoms with Crippen molar-refractivity contribution < 1.29 is 19.1 Å². The van der Waals surface area contributed by atoms with Crippen LogP contribution in [-0.2, 0) is 14.4 Å². The van der Waals surface area contributed by atoms with Crippen molar-refractivity contribution in [3.05, 3.63) is 24.3 Å². The molecule has 1 saturated carbocycles. The molecule has 1 aromatic rings. The lowest BCUT2D eigenvalue weighted by Crippen LogP contribution is -2.34. The standard InChI is InChI=1S/C19H24N2O4/c1-2-25-16-10-6-5-9-15(16)20-17(22)11-12-21-18(23)13-7-3-4-8-14(13)19(21)24/h5-6,9-10,13-14H,2-4,7-8,11-12H2,1H3,(H,20,22)/t13-,14-/m1/s1. The number of anilines is 1. The van der Waals surface area contributed by atoms with E-state index in [0.29, 0.717) is 18.0 Å². The highest BCUT2D eigenvalue weighted by Crippen LogP contribution is 2.38. The van der Waals surface area contributed by atoms with Crippen molar-refractivity contribution in [2.24, 2.45) is 11.8 Å². The fraction of sp³-hybridized carbons (Fsp3) is 0.526. The number of imide groups is 1. The van der Waals surface area contributed by atoms with Gasteiger partial charge in [-0.25, -0.2) is 0 Å². The Kier molecular flexibility index (Phi) is 5.36. The number of para-hydroxylation sites is 2. The topological polar surface area (TPSA) is 75.7 Å². The number of nitrogens with zero attached hydrogens (tertiary/aromatic N) is 1. The first-order valence-electron chi connectivity index (χ1n) is 8.98. The number of rotatable bonds is 6. The summed E-state index contributed by atoms with van der Waals surface area (Å²) in [5.41, 5.74) is 0.599. The molecule has 25 heavy (non-hydrogen) atoms. The summed E-state index contributed by atoms with van der Waals surface area (Å²) in [6, 6.07) is 7.21. The maximum absolute atomic E-state index is 12.4. The van der Waals surface area contributed by atoms with E-state index in [2.05, 4.69) is 5.32 Å². The van der Waals surface area contributed by atoms with Gasteiger partial charge in [-0.3, -0.25) is 19.3 Å². The first kappa shape index (κ1) is 17.5. The Morgan fingerprint density at radius 1 is 1.16 bits per heavy atom. The first-order valence-corrected chi connectivity index (χ1v) is 8.98. The van der Waals surface area contributed by atoms with Gasteiger partial charge in [0.05, 0.1) is 24.1 Å². The van der Waals surface area contributed by atoms with Gasteiger partial charge in [-0.15, -0.1) is 0 Å². The van der Waals surface area contributed by atoms with Crippen molar-refractivity contribution in [2.45, 2.75) is 39.0 Å². The van der Waals surface area contributed by atoms with Gasteiger partial charge < -0.3 is 10.1 Å². The Morgan fingerprint density at radius 3 is 2.44 bits per heavy atom. The van der Waals surface area contributed by atoms with Crippen molar-refractivity contribution in [3.8, 4) is 5.75 Å². The SMILES string of the molecule is CCOc1ccccc1NC(=O)CCN1C(=O)[C@@H]2CCCC[C@H]2C1=O. The zero-order valence-electron chi connectivity index (χ0n) is 14.5. The van der Waals surface area contributed by atoms with Crippen molar-refractivity contribution in [1.29, 1.82) is 0 Å². The fourth-order valence-electron chi connectivity index (χ4n) is 3.73. The molecule has 0 aromatic heterocycles. The summed E-state index contributed by atoms with van der Waals surface area (Å²) in [7, 11) is 0. The summed E-state index contributed by atoms with van der Waals surface area (Å²) in [6.45, 7) is 2.53. The van der Waals surface area contributed by atoms with Gasteiger partial charge in [0.15, 0.2) is 0 Å². The highest BCUT2D eigenvalue weighted by Gasteiger charge is 2.47. The molecule has 1 saturated heterocycles. The Balaban J connectivity index is 1.57. The van der Waals surface area contributed by atoms with Crippen molar-refractivity contribution in [2.75, 3.05) is 18.5 Å². The van der Waals surface area contributed by atoms with Crippen LogP contribution in [0, 0.1) is 11.8 Å². The number of nitrogens with one attached hydrogen (secondary N) is 1. The van der Waals surface area contributed by atoms with Gasteiger partial charge in [-0.1, -0.05) is 25.0 Å². The minimum Gasteiger partial charge on any atom is -0.492 e. The molecule has 6 heteroatoms. The lowest BCUT2D eigenvalue weighted by molar-refractivity contribution is -0.140. The lowest BCUT2D eigenvalue weighted by atomic mass is 9.81. The van der Waals surface area contributed by atoms with Gasteiger partial charge in [0.1, 0.15) is 5.75 Å². The second kappa shape index (κ2) is 7.68. The maximum atomic E-state index is 12.4. The van der Waals surface area contributed by atoms with E-state index in [9.17, 15) is 14.4 Å². The second-order valence-corrected chi connectivity index (χ2v) is 6.55. The highest BCUT2D eigenvalue weighted by molar-refractivity contribution is 6.05. The number of amides is 3.